The second-order valence-corrected chi connectivity index (χ2v) is 4.21. The van der Waals surface area contributed by atoms with E-state index >= 15 is 0 Å². The molecule has 0 radical (unpaired) electrons. The molecule has 0 bridgehead atoms. The summed E-state index contributed by atoms with van der Waals surface area (Å²) in [5.74, 6) is 0.883. The van der Waals surface area contributed by atoms with E-state index in [1.165, 1.54) is 0 Å². The van der Waals surface area contributed by atoms with Crippen LogP contribution in [0.25, 0.3) is 0 Å². The van der Waals surface area contributed by atoms with E-state index in [0.29, 0.717) is 12.1 Å². The molecule has 0 saturated carbocycles. The zero-order valence-electron chi connectivity index (χ0n) is 10.8. The van der Waals surface area contributed by atoms with Crippen LogP contribution in [0.2, 0.25) is 0 Å². The van der Waals surface area contributed by atoms with E-state index in [0.717, 1.165) is 17.0 Å². The number of carbonyl (C=O) groups is 1. The average molecular weight is 244 g/mol. The van der Waals surface area contributed by atoms with Crippen LogP contribution in [0, 0.1) is 6.92 Å². The zero-order valence-corrected chi connectivity index (χ0v) is 10.8. The van der Waals surface area contributed by atoms with Gasteiger partial charge >= 0.3 is 0 Å². The van der Waals surface area contributed by atoms with E-state index in [-0.39, 0.29) is 5.78 Å². The summed E-state index contributed by atoms with van der Waals surface area (Å²) >= 11 is 0. The lowest BCUT2D eigenvalue weighted by atomic mass is 10.2. The van der Waals surface area contributed by atoms with Crippen molar-refractivity contribution in [2.45, 2.75) is 20.4 Å². The van der Waals surface area contributed by atoms with Crippen molar-refractivity contribution >= 4 is 5.78 Å². The molecule has 94 valence electrons. The number of nitrogens with zero attached hydrogens (tertiary/aromatic N) is 2. The van der Waals surface area contributed by atoms with Crippen molar-refractivity contribution in [2.75, 3.05) is 7.11 Å². The van der Waals surface area contributed by atoms with Crippen molar-refractivity contribution in [3.05, 3.63) is 47.3 Å². The maximum atomic E-state index is 11.3. The number of hydrogen-bond donors (Lipinski definition) is 0. The fourth-order valence-corrected chi connectivity index (χ4v) is 1.86. The van der Waals surface area contributed by atoms with Gasteiger partial charge in [-0.2, -0.15) is 5.10 Å². The monoisotopic (exact) mass is 244 g/mol. The lowest BCUT2D eigenvalue weighted by Crippen LogP contribution is -2.05. The SMILES string of the molecule is COc1ccc(Cn2ncc(C(C)=O)c2C)cc1. The zero-order chi connectivity index (χ0) is 13.1. The van der Waals surface area contributed by atoms with Crippen LogP contribution in [0.1, 0.15) is 28.5 Å². The second-order valence-electron chi connectivity index (χ2n) is 4.21. The van der Waals surface area contributed by atoms with Gasteiger partial charge in [0, 0.05) is 5.69 Å². The highest BCUT2D eigenvalue weighted by Crippen LogP contribution is 2.14. The van der Waals surface area contributed by atoms with E-state index in [4.69, 9.17) is 4.74 Å². The molecule has 0 aliphatic rings. The molecule has 4 heteroatoms. The second kappa shape index (κ2) is 5.04. The van der Waals surface area contributed by atoms with Crippen molar-refractivity contribution < 1.29 is 9.53 Å². The Balaban J connectivity index is 2.20. The molecule has 0 spiro atoms. The molecule has 1 heterocycles. The molecule has 1 aromatic heterocycles. The number of benzene rings is 1. The molecule has 1 aromatic carbocycles. The standard InChI is InChI=1S/C14H16N2O2/c1-10-14(11(2)17)8-15-16(10)9-12-4-6-13(18-3)7-5-12/h4-8H,9H2,1-3H3. The Morgan fingerprint density at radius 1 is 1.33 bits per heavy atom. The van der Waals surface area contributed by atoms with E-state index in [9.17, 15) is 4.79 Å². The Hall–Kier alpha value is -2.10. The summed E-state index contributed by atoms with van der Waals surface area (Å²) in [6, 6.07) is 7.82. The lowest BCUT2D eigenvalue weighted by Gasteiger charge is -2.06. The predicted octanol–water partition coefficient (Wildman–Crippen LogP) is 2.45. The van der Waals surface area contributed by atoms with Crippen LogP contribution < -0.4 is 4.74 Å². The molecular weight excluding hydrogens is 228 g/mol. The van der Waals surface area contributed by atoms with E-state index in [2.05, 4.69) is 5.10 Å². The first-order valence-corrected chi connectivity index (χ1v) is 5.78. The highest BCUT2D eigenvalue weighted by Gasteiger charge is 2.10. The molecular formula is C14H16N2O2. The van der Waals surface area contributed by atoms with Crippen LogP contribution >= 0.6 is 0 Å². The summed E-state index contributed by atoms with van der Waals surface area (Å²) in [6.07, 6.45) is 1.63. The summed E-state index contributed by atoms with van der Waals surface area (Å²) in [5, 5.41) is 4.24. The molecule has 18 heavy (non-hydrogen) atoms. The Labute approximate surface area is 106 Å². The summed E-state index contributed by atoms with van der Waals surface area (Å²) in [4.78, 5) is 11.3. The normalized spacial score (nSPS) is 10.4. The number of ether oxygens (including phenoxy) is 1. The van der Waals surface area contributed by atoms with Crippen LogP contribution in [0.3, 0.4) is 0 Å². The van der Waals surface area contributed by atoms with Gasteiger partial charge in [-0.3, -0.25) is 9.48 Å². The van der Waals surface area contributed by atoms with Gasteiger partial charge in [0.05, 0.1) is 25.4 Å². The first kappa shape index (κ1) is 12.4. The molecule has 0 aliphatic carbocycles. The maximum Gasteiger partial charge on any atom is 0.163 e. The molecule has 2 aromatic rings. The summed E-state index contributed by atoms with van der Waals surface area (Å²) < 4.78 is 6.94. The van der Waals surface area contributed by atoms with Crippen LogP contribution in [-0.2, 0) is 6.54 Å². The van der Waals surface area contributed by atoms with Gasteiger partial charge < -0.3 is 4.74 Å². The minimum absolute atomic E-state index is 0.0495. The number of hydrogen-bond acceptors (Lipinski definition) is 3. The number of Topliss-reactive ketones (excluding diaryl/α,β-unsaturated/α-hetero) is 1. The van der Waals surface area contributed by atoms with Crippen LogP contribution in [0.5, 0.6) is 5.75 Å². The van der Waals surface area contributed by atoms with Crippen molar-refractivity contribution in [1.82, 2.24) is 9.78 Å². The number of aromatic nitrogens is 2. The van der Waals surface area contributed by atoms with Gasteiger partial charge in [-0.05, 0) is 31.5 Å². The van der Waals surface area contributed by atoms with Crippen LogP contribution in [-0.4, -0.2) is 22.7 Å². The third-order valence-electron chi connectivity index (χ3n) is 2.97. The van der Waals surface area contributed by atoms with Gasteiger partial charge in [-0.15, -0.1) is 0 Å². The number of rotatable bonds is 4. The fourth-order valence-electron chi connectivity index (χ4n) is 1.86. The molecule has 0 unspecified atom stereocenters. The minimum Gasteiger partial charge on any atom is -0.497 e. The Morgan fingerprint density at radius 3 is 2.50 bits per heavy atom. The number of ketones is 1. The fraction of sp³-hybridized carbons (Fsp3) is 0.286. The van der Waals surface area contributed by atoms with Gasteiger partial charge in [0.15, 0.2) is 5.78 Å². The summed E-state index contributed by atoms with van der Waals surface area (Å²) in [5.41, 5.74) is 2.71. The van der Waals surface area contributed by atoms with Crippen molar-refractivity contribution in [2.24, 2.45) is 0 Å². The third-order valence-corrected chi connectivity index (χ3v) is 2.97. The number of methoxy groups -OCH3 is 1. The predicted molar refractivity (Wildman–Crippen MR) is 69.1 cm³/mol. The van der Waals surface area contributed by atoms with Crippen molar-refractivity contribution in [1.29, 1.82) is 0 Å². The highest BCUT2D eigenvalue weighted by molar-refractivity contribution is 5.94. The average Bonchev–Trinajstić information content (AvgIpc) is 2.72. The molecule has 0 atom stereocenters. The van der Waals surface area contributed by atoms with Crippen molar-refractivity contribution in [3.8, 4) is 5.75 Å². The minimum atomic E-state index is 0.0495. The summed E-state index contributed by atoms with van der Waals surface area (Å²) in [7, 11) is 1.64. The highest BCUT2D eigenvalue weighted by atomic mass is 16.5. The van der Waals surface area contributed by atoms with Gasteiger partial charge in [0.25, 0.3) is 0 Å². The number of carbonyl (C=O) groups excluding carboxylic acids is 1. The van der Waals surface area contributed by atoms with Gasteiger partial charge in [-0.25, -0.2) is 0 Å². The molecule has 0 N–H and O–H groups in total. The van der Waals surface area contributed by atoms with E-state index in [1.807, 2.05) is 35.9 Å². The molecule has 0 saturated heterocycles. The van der Waals surface area contributed by atoms with Gasteiger partial charge in [-0.1, -0.05) is 12.1 Å². The molecule has 0 amide bonds. The largest absolute Gasteiger partial charge is 0.497 e. The van der Waals surface area contributed by atoms with E-state index in [1.54, 1.807) is 20.2 Å². The van der Waals surface area contributed by atoms with E-state index < -0.39 is 0 Å². The molecule has 0 aliphatic heterocycles. The Kier molecular flexibility index (Phi) is 3.46. The van der Waals surface area contributed by atoms with Gasteiger partial charge in [0.2, 0.25) is 0 Å². The maximum absolute atomic E-state index is 11.3. The smallest absolute Gasteiger partial charge is 0.163 e. The lowest BCUT2D eigenvalue weighted by molar-refractivity contribution is 0.101. The quantitative estimate of drug-likeness (QED) is 0.776. The third kappa shape index (κ3) is 2.42. The molecule has 0 fully saturated rings. The van der Waals surface area contributed by atoms with Crippen LogP contribution in [0.4, 0.5) is 0 Å². The summed E-state index contributed by atoms with van der Waals surface area (Å²) in [6.45, 7) is 4.12. The molecule has 4 nitrogen and oxygen atoms in total. The Morgan fingerprint density at radius 2 is 2.00 bits per heavy atom. The van der Waals surface area contributed by atoms with Crippen molar-refractivity contribution in [3.63, 3.8) is 0 Å². The molecule has 2 rings (SSSR count). The van der Waals surface area contributed by atoms with Crippen LogP contribution in [0.15, 0.2) is 30.5 Å². The van der Waals surface area contributed by atoms with Gasteiger partial charge in [0.1, 0.15) is 5.75 Å². The topological polar surface area (TPSA) is 44.1 Å². The first-order valence-electron chi connectivity index (χ1n) is 5.78. The first-order chi connectivity index (χ1) is 8.61. The Bertz CT molecular complexity index is 556.